The number of carbonyl (C=O) groups excluding carboxylic acids is 5. The molecule has 0 atom stereocenters. The zero-order valence-corrected chi connectivity index (χ0v) is 18.3. The summed E-state index contributed by atoms with van der Waals surface area (Å²) in [5.41, 5.74) is 0.596. The van der Waals surface area contributed by atoms with Crippen LogP contribution in [0, 0.1) is 0 Å². The second-order valence-electron chi connectivity index (χ2n) is 6.56. The summed E-state index contributed by atoms with van der Waals surface area (Å²) in [4.78, 5) is 57.9. The maximum absolute atomic E-state index is 12.0. The molecule has 0 spiro atoms. The lowest BCUT2D eigenvalue weighted by Crippen LogP contribution is -2.14. The van der Waals surface area contributed by atoms with Gasteiger partial charge in [-0.25, -0.2) is 9.59 Å². The van der Waals surface area contributed by atoms with Gasteiger partial charge < -0.3 is 23.7 Å². The first-order valence-electron chi connectivity index (χ1n) is 10.0. The van der Waals surface area contributed by atoms with Gasteiger partial charge in [-0.05, 0) is 37.1 Å². The van der Waals surface area contributed by atoms with Gasteiger partial charge in [0.1, 0.15) is 18.8 Å². The van der Waals surface area contributed by atoms with E-state index in [1.54, 1.807) is 0 Å². The van der Waals surface area contributed by atoms with Crippen LogP contribution >= 0.6 is 0 Å². The van der Waals surface area contributed by atoms with Gasteiger partial charge in [-0.2, -0.15) is 0 Å². The molecule has 0 aliphatic rings. The van der Waals surface area contributed by atoms with Crippen LogP contribution in [0.2, 0.25) is 0 Å². The SMILES string of the molecule is COCCOC(=O)c1ccc(C(=O)OCCCCOC(=O)CC(=O)CCC(=O)OC)cc1. The van der Waals surface area contributed by atoms with E-state index in [9.17, 15) is 24.0 Å². The molecule has 10 heteroatoms. The van der Waals surface area contributed by atoms with Gasteiger partial charge in [0.25, 0.3) is 0 Å². The molecule has 0 aliphatic heterocycles. The van der Waals surface area contributed by atoms with E-state index >= 15 is 0 Å². The van der Waals surface area contributed by atoms with Crippen molar-refractivity contribution in [2.24, 2.45) is 0 Å². The molecule has 0 amide bonds. The molecule has 0 radical (unpaired) electrons. The highest BCUT2D eigenvalue weighted by atomic mass is 16.6. The quantitative estimate of drug-likeness (QED) is 0.168. The third-order valence-electron chi connectivity index (χ3n) is 4.09. The van der Waals surface area contributed by atoms with E-state index in [0.29, 0.717) is 25.0 Å². The second kappa shape index (κ2) is 15.5. The predicted octanol–water partition coefficient (Wildman–Crippen LogP) is 1.88. The van der Waals surface area contributed by atoms with Gasteiger partial charge in [-0.1, -0.05) is 0 Å². The van der Waals surface area contributed by atoms with Gasteiger partial charge in [-0.15, -0.1) is 0 Å². The largest absolute Gasteiger partial charge is 0.469 e. The third-order valence-corrected chi connectivity index (χ3v) is 4.09. The molecule has 0 heterocycles. The van der Waals surface area contributed by atoms with Crippen LogP contribution in [0.5, 0.6) is 0 Å². The van der Waals surface area contributed by atoms with Gasteiger partial charge >= 0.3 is 23.9 Å². The number of ether oxygens (including phenoxy) is 5. The summed E-state index contributed by atoms with van der Waals surface area (Å²) in [7, 11) is 2.72. The zero-order chi connectivity index (χ0) is 23.8. The molecule has 1 rings (SSSR count). The van der Waals surface area contributed by atoms with Crippen LogP contribution in [-0.4, -0.2) is 70.3 Å². The van der Waals surface area contributed by atoms with Gasteiger partial charge in [0.05, 0.1) is 44.5 Å². The summed E-state index contributed by atoms with van der Waals surface area (Å²) in [6, 6.07) is 5.87. The van der Waals surface area contributed by atoms with E-state index in [0.717, 1.165) is 0 Å². The molecule has 0 aliphatic carbocycles. The number of hydrogen-bond donors (Lipinski definition) is 0. The molecule has 32 heavy (non-hydrogen) atoms. The van der Waals surface area contributed by atoms with Crippen molar-refractivity contribution >= 4 is 29.7 Å². The minimum Gasteiger partial charge on any atom is -0.469 e. The Hall–Kier alpha value is -3.27. The van der Waals surface area contributed by atoms with Crippen molar-refractivity contribution in [1.82, 2.24) is 0 Å². The first-order valence-corrected chi connectivity index (χ1v) is 10.0. The molecule has 0 N–H and O–H groups in total. The Morgan fingerprint density at radius 1 is 0.656 bits per heavy atom. The Bertz CT molecular complexity index is 769. The van der Waals surface area contributed by atoms with Gasteiger partial charge in [-0.3, -0.25) is 14.4 Å². The molecule has 1 aromatic rings. The van der Waals surface area contributed by atoms with Gasteiger partial charge in [0.2, 0.25) is 0 Å². The molecule has 0 unspecified atom stereocenters. The molecular formula is C22H28O10. The molecule has 0 saturated heterocycles. The Morgan fingerprint density at radius 2 is 1.19 bits per heavy atom. The molecule has 0 fully saturated rings. The Kier molecular flexibility index (Phi) is 13.0. The molecule has 176 valence electrons. The maximum atomic E-state index is 12.0. The fourth-order valence-corrected chi connectivity index (χ4v) is 2.33. The van der Waals surface area contributed by atoms with E-state index in [4.69, 9.17) is 18.9 Å². The van der Waals surface area contributed by atoms with E-state index in [-0.39, 0.29) is 38.2 Å². The average Bonchev–Trinajstić information content (AvgIpc) is 2.79. The highest BCUT2D eigenvalue weighted by Gasteiger charge is 2.13. The first-order chi connectivity index (χ1) is 15.4. The van der Waals surface area contributed by atoms with Crippen LogP contribution in [-0.2, 0) is 38.1 Å². The lowest BCUT2D eigenvalue weighted by Gasteiger charge is -2.07. The average molecular weight is 452 g/mol. The molecule has 0 saturated carbocycles. The van der Waals surface area contributed by atoms with E-state index in [1.807, 2.05) is 0 Å². The molecule has 10 nitrogen and oxygen atoms in total. The minimum atomic E-state index is -0.669. The normalized spacial score (nSPS) is 10.2. The van der Waals surface area contributed by atoms with E-state index < -0.39 is 36.1 Å². The lowest BCUT2D eigenvalue weighted by molar-refractivity contribution is -0.147. The number of rotatable bonds is 15. The van der Waals surface area contributed by atoms with Crippen molar-refractivity contribution in [3.05, 3.63) is 35.4 Å². The van der Waals surface area contributed by atoms with E-state index in [2.05, 4.69) is 4.74 Å². The summed E-state index contributed by atoms with van der Waals surface area (Å²) < 4.78 is 24.3. The number of ketones is 1. The van der Waals surface area contributed by atoms with Crippen molar-refractivity contribution in [2.75, 3.05) is 40.6 Å². The first kappa shape index (κ1) is 26.8. The Labute approximate surface area is 186 Å². The highest BCUT2D eigenvalue weighted by Crippen LogP contribution is 2.08. The summed E-state index contributed by atoms with van der Waals surface area (Å²) in [6.07, 6.45) is 0.353. The fourth-order valence-electron chi connectivity index (χ4n) is 2.33. The van der Waals surface area contributed by atoms with Crippen molar-refractivity contribution in [3.63, 3.8) is 0 Å². The maximum Gasteiger partial charge on any atom is 0.338 e. The van der Waals surface area contributed by atoms with Crippen molar-refractivity contribution in [3.8, 4) is 0 Å². The smallest absolute Gasteiger partial charge is 0.338 e. The van der Waals surface area contributed by atoms with Crippen LogP contribution in [0.1, 0.15) is 52.8 Å². The number of methoxy groups -OCH3 is 2. The summed E-state index contributed by atoms with van der Waals surface area (Å²) in [6.45, 7) is 0.639. The standard InChI is InChI=1S/C22H28O10/c1-28-13-14-32-22(27)17-7-5-16(6-8-17)21(26)31-12-4-3-11-30-20(25)15-18(23)9-10-19(24)29-2/h5-8H,3-4,9-15H2,1-2H3. The van der Waals surface area contributed by atoms with Crippen LogP contribution in [0.4, 0.5) is 0 Å². The predicted molar refractivity (Wildman–Crippen MR) is 110 cm³/mol. The molecule has 1 aromatic carbocycles. The second-order valence-corrected chi connectivity index (χ2v) is 6.56. The van der Waals surface area contributed by atoms with Gasteiger partial charge in [0, 0.05) is 13.5 Å². The monoisotopic (exact) mass is 452 g/mol. The molecule has 0 bridgehead atoms. The number of benzene rings is 1. The van der Waals surface area contributed by atoms with Crippen molar-refractivity contribution in [1.29, 1.82) is 0 Å². The molecular weight excluding hydrogens is 424 g/mol. The summed E-state index contributed by atoms with van der Waals surface area (Å²) >= 11 is 0. The van der Waals surface area contributed by atoms with Crippen molar-refractivity contribution in [2.45, 2.75) is 32.1 Å². The lowest BCUT2D eigenvalue weighted by atomic mass is 10.1. The number of Topliss-reactive ketones (excluding diaryl/α,β-unsaturated/α-hetero) is 1. The Balaban J connectivity index is 2.19. The number of esters is 4. The fraction of sp³-hybridized carbons (Fsp3) is 0.500. The summed E-state index contributed by atoms with van der Waals surface area (Å²) in [5, 5.41) is 0. The zero-order valence-electron chi connectivity index (χ0n) is 18.3. The molecule has 0 aromatic heterocycles. The third kappa shape index (κ3) is 11.2. The number of unbranched alkanes of at least 4 members (excludes halogenated alkanes) is 1. The van der Waals surface area contributed by atoms with Crippen LogP contribution in [0.3, 0.4) is 0 Å². The Morgan fingerprint density at radius 3 is 1.72 bits per heavy atom. The van der Waals surface area contributed by atoms with E-state index in [1.165, 1.54) is 38.5 Å². The highest BCUT2D eigenvalue weighted by molar-refractivity contribution is 5.96. The van der Waals surface area contributed by atoms with Gasteiger partial charge in [0.15, 0.2) is 0 Å². The minimum absolute atomic E-state index is 0.0742. The number of hydrogen-bond acceptors (Lipinski definition) is 10. The van der Waals surface area contributed by atoms with Crippen molar-refractivity contribution < 1.29 is 47.7 Å². The van der Waals surface area contributed by atoms with Crippen LogP contribution in [0.15, 0.2) is 24.3 Å². The summed E-state index contributed by atoms with van der Waals surface area (Å²) in [5.74, 6) is -2.64. The van der Waals surface area contributed by atoms with Crippen LogP contribution in [0.25, 0.3) is 0 Å². The topological polar surface area (TPSA) is 131 Å². The van der Waals surface area contributed by atoms with Crippen LogP contribution < -0.4 is 0 Å². The number of carbonyl (C=O) groups is 5.